The smallest absolute Gasteiger partial charge is 0.263 e. The zero-order chi connectivity index (χ0) is 14.2. The maximum Gasteiger partial charge on any atom is 0.263 e. The Balaban J connectivity index is 1.50. The third-order valence-electron chi connectivity index (χ3n) is 4.39. The molecule has 4 heteroatoms. The second kappa shape index (κ2) is 5.19. The molecule has 108 valence electrons. The molecule has 21 heavy (non-hydrogen) atoms. The van der Waals surface area contributed by atoms with Crippen molar-refractivity contribution in [3.63, 3.8) is 0 Å². The molecule has 3 nitrogen and oxygen atoms in total. The first-order chi connectivity index (χ1) is 10.3. The highest BCUT2D eigenvalue weighted by Gasteiger charge is 2.29. The standard InChI is InChI=1S/C17H17NO2S/c19-17(16-2-1-9-21-16)18-7-5-14(11-18)12-3-4-15-13(10-12)6-8-20-15/h1-4,9-10,14H,5-8,11H2. The number of thiophene rings is 1. The van der Waals surface area contributed by atoms with Gasteiger partial charge in [-0.2, -0.15) is 0 Å². The number of carbonyl (C=O) groups is 1. The van der Waals surface area contributed by atoms with E-state index >= 15 is 0 Å². The molecule has 0 N–H and O–H groups in total. The molecule has 1 aromatic carbocycles. The SMILES string of the molecule is O=C(c1cccs1)N1CCC(c2ccc3c(c2)CCO3)C1. The summed E-state index contributed by atoms with van der Waals surface area (Å²) in [6.07, 6.45) is 2.06. The number of carbonyl (C=O) groups excluding carboxylic acids is 1. The van der Waals surface area contributed by atoms with Gasteiger partial charge in [-0.1, -0.05) is 18.2 Å². The van der Waals surface area contributed by atoms with Crippen LogP contribution in [0.5, 0.6) is 5.75 Å². The van der Waals surface area contributed by atoms with E-state index in [0.29, 0.717) is 5.92 Å². The zero-order valence-corrected chi connectivity index (χ0v) is 12.6. The van der Waals surface area contributed by atoms with Crippen LogP contribution in [0.25, 0.3) is 0 Å². The van der Waals surface area contributed by atoms with Gasteiger partial charge in [0.05, 0.1) is 11.5 Å². The second-order valence-electron chi connectivity index (χ2n) is 5.68. The van der Waals surface area contributed by atoms with Crippen molar-refractivity contribution in [2.45, 2.75) is 18.8 Å². The molecule has 0 aliphatic carbocycles. The van der Waals surface area contributed by atoms with E-state index in [4.69, 9.17) is 4.74 Å². The summed E-state index contributed by atoms with van der Waals surface area (Å²) in [6.45, 7) is 2.48. The van der Waals surface area contributed by atoms with Crippen molar-refractivity contribution >= 4 is 17.2 Å². The second-order valence-corrected chi connectivity index (χ2v) is 6.63. The van der Waals surface area contributed by atoms with Gasteiger partial charge < -0.3 is 9.64 Å². The van der Waals surface area contributed by atoms with Crippen molar-refractivity contribution in [2.75, 3.05) is 19.7 Å². The first-order valence-corrected chi connectivity index (χ1v) is 8.27. The van der Waals surface area contributed by atoms with Crippen molar-refractivity contribution in [1.82, 2.24) is 4.90 Å². The van der Waals surface area contributed by atoms with Crippen LogP contribution in [0, 0.1) is 0 Å². The van der Waals surface area contributed by atoms with Crippen LogP contribution in [0.15, 0.2) is 35.7 Å². The van der Waals surface area contributed by atoms with Gasteiger partial charge in [0.1, 0.15) is 5.75 Å². The molecular weight excluding hydrogens is 282 g/mol. The van der Waals surface area contributed by atoms with Crippen LogP contribution < -0.4 is 4.74 Å². The Morgan fingerprint density at radius 3 is 3.14 bits per heavy atom. The molecule has 1 saturated heterocycles. The summed E-state index contributed by atoms with van der Waals surface area (Å²) in [7, 11) is 0. The monoisotopic (exact) mass is 299 g/mol. The highest BCUT2D eigenvalue weighted by atomic mass is 32.1. The van der Waals surface area contributed by atoms with E-state index in [2.05, 4.69) is 18.2 Å². The van der Waals surface area contributed by atoms with Crippen LogP contribution in [0.4, 0.5) is 0 Å². The van der Waals surface area contributed by atoms with Crippen LogP contribution >= 0.6 is 11.3 Å². The van der Waals surface area contributed by atoms with Crippen LogP contribution in [0.2, 0.25) is 0 Å². The number of likely N-dealkylation sites (tertiary alicyclic amines) is 1. The molecule has 0 spiro atoms. The summed E-state index contributed by atoms with van der Waals surface area (Å²) in [4.78, 5) is 15.2. The third-order valence-corrected chi connectivity index (χ3v) is 5.25. The van der Waals surface area contributed by atoms with E-state index in [9.17, 15) is 4.79 Å². The van der Waals surface area contributed by atoms with E-state index in [1.807, 2.05) is 22.4 Å². The summed E-state index contributed by atoms with van der Waals surface area (Å²) >= 11 is 1.52. The lowest BCUT2D eigenvalue weighted by molar-refractivity contribution is 0.0795. The van der Waals surface area contributed by atoms with E-state index in [1.54, 1.807) is 0 Å². The lowest BCUT2D eigenvalue weighted by Crippen LogP contribution is -2.27. The zero-order valence-electron chi connectivity index (χ0n) is 11.7. The topological polar surface area (TPSA) is 29.5 Å². The fraction of sp³-hybridized carbons (Fsp3) is 0.353. The summed E-state index contributed by atoms with van der Waals surface area (Å²) in [5.41, 5.74) is 2.66. The lowest BCUT2D eigenvalue weighted by atomic mass is 9.96. The minimum atomic E-state index is 0.178. The number of ether oxygens (including phenoxy) is 1. The molecule has 2 aliphatic rings. The van der Waals surface area contributed by atoms with Crippen LogP contribution in [-0.2, 0) is 6.42 Å². The van der Waals surface area contributed by atoms with Crippen molar-refractivity contribution in [3.8, 4) is 5.75 Å². The van der Waals surface area contributed by atoms with Gasteiger partial charge in [0.2, 0.25) is 0 Å². The normalized spacial score (nSPS) is 20.4. The Hall–Kier alpha value is -1.81. The van der Waals surface area contributed by atoms with Gasteiger partial charge in [0.25, 0.3) is 5.91 Å². The van der Waals surface area contributed by atoms with Gasteiger partial charge in [-0.15, -0.1) is 11.3 Å². The van der Waals surface area contributed by atoms with Gasteiger partial charge in [0.15, 0.2) is 0 Å². The molecule has 1 unspecified atom stereocenters. The minimum Gasteiger partial charge on any atom is -0.493 e. The summed E-state index contributed by atoms with van der Waals surface area (Å²) in [5, 5.41) is 1.96. The van der Waals surface area contributed by atoms with Gasteiger partial charge >= 0.3 is 0 Å². The number of rotatable bonds is 2. The van der Waals surface area contributed by atoms with E-state index < -0.39 is 0 Å². The highest BCUT2D eigenvalue weighted by molar-refractivity contribution is 7.12. The van der Waals surface area contributed by atoms with Crippen molar-refractivity contribution < 1.29 is 9.53 Å². The van der Waals surface area contributed by atoms with Crippen molar-refractivity contribution in [2.24, 2.45) is 0 Å². The van der Waals surface area contributed by atoms with Crippen LogP contribution in [-0.4, -0.2) is 30.5 Å². The van der Waals surface area contributed by atoms with Crippen molar-refractivity contribution in [1.29, 1.82) is 0 Å². The van der Waals surface area contributed by atoms with E-state index in [0.717, 1.165) is 43.2 Å². The number of benzene rings is 1. The van der Waals surface area contributed by atoms with Crippen LogP contribution in [0.1, 0.15) is 33.1 Å². The molecule has 0 bridgehead atoms. The Kier molecular flexibility index (Phi) is 3.19. The molecule has 1 atom stereocenters. The molecule has 4 rings (SSSR count). The molecule has 1 fully saturated rings. The minimum absolute atomic E-state index is 0.178. The largest absolute Gasteiger partial charge is 0.493 e. The van der Waals surface area contributed by atoms with Gasteiger partial charge in [-0.05, 0) is 35.1 Å². The highest BCUT2D eigenvalue weighted by Crippen LogP contribution is 2.33. The molecule has 1 amide bonds. The summed E-state index contributed by atoms with van der Waals surface area (Å²) in [6, 6.07) is 10.4. The van der Waals surface area contributed by atoms with Gasteiger partial charge in [-0.3, -0.25) is 4.79 Å². The number of amides is 1. The number of fused-ring (bicyclic) bond motifs is 1. The lowest BCUT2D eigenvalue weighted by Gasteiger charge is -2.16. The number of nitrogens with zero attached hydrogens (tertiary/aromatic N) is 1. The maximum absolute atomic E-state index is 12.4. The molecule has 0 saturated carbocycles. The molecule has 3 heterocycles. The van der Waals surface area contributed by atoms with E-state index in [-0.39, 0.29) is 5.91 Å². The average Bonchev–Trinajstić information content (AvgIpc) is 3.25. The predicted molar refractivity (Wildman–Crippen MR) is 83.2 cm³/mol. The average molecular weight is 299 g/mol. The Labute approximate surface area is 128 Å². The van der Waals surface area contributed by atoms with Crippen LogP contribution in [0.3, 0.4) is 0 Å². The fourth-order valence-corrected chi connectivity index (χ4v) is 3.92. The Morgan fingerprint density at radius 1 is 1.33 bits per heavy atom. The first kappa shape index (κ1) is 12.9. The molecule has 1 aromatic heterocycles. The fourth-order valence-electron chi connectivity index (χ4n) is 3.23. The molecular formula is C17H17NO2S. The van der Waals surface area contributed by atoms with E-state index in [1.165, 1.54) is 22.5 Å². The van der Waals surface area contributed by atoms with Gasteiger partial charge in [0, 0.05) is 25.4 Å². The van der Waals surface area contributed by atoms with Crippen molar-refractivity contribution in [3.05, 3.63) is 51.7 Å². The quantitative estimate of drug-likeness (QED) is 0.851. The molecule has 0 radical (unpaired) electrons. The summed E-state index contributed by atoms with van der Waals surface area (Å²) in [5.74, 6) is 1.67. The number of hydrogen-bond donors (Lipinski definition) is 0. The van der Waals surface area contributed by atoms with Gasteiger partial charge in [-0.25, -0.2) is 0 Å². The third kappa shape index (κ3) is 2.33. The maximum atomic E-state index is 12.4. The molecule has 2 aromatic rings. The number of hydrogen-bond acceptors (Lipinski definition) is 3. The summed E-state index contributed by atoms with van der Waals surface area (Å²) < 4.78 is 5.56. The Morgan fingerprint density at radius 2 is 2.29 bits per heavy atom. The Bertz CT molecular complexity index is 665. The predicted octanol–water partition coefficient (Wildman–Crippen LogP) is 3.31. The first-order valence-electron chi connectivity index (χ1n) is 7.39. The molecule has 2 aliphatic heterocycles.